The molecule has 1 N–H and O–H groups in total. The second-order valence-corrected chi connectivity index (χ2v) is 4.01. The zero-order valence-corrected chi connectivity index (χ0v) is 14.3. The Hall–Kier alpha value is -2.02. The highest BCUT2D eigenvalue weighted by Crippen LogP contribution is 2.16. The molecule has 1 heterocycles. The number of hydrogen-bond acceptors (Lipinski definition) is 0. The van der Waals surface area contributed by atoms with Gasteiger partial charge >= 0.3 is 0 Å². The number of H-pyrrole nitrogens is 1. The van der Waals surface area contributed by atoms with E-state index in [1.54, 1.807) is 0 Å². The van der Waals surface area contributed by atoms with E-state index < -0.39 is 0 Å². The molecule has 2 rings (SSSR count). The normalized spacial score (nSPS) is 11.1. The van der Waals surface area contributed by atoms with Crippen molar-refractivity contribution in [2.45, 2.75) is 41.5 Å². The van der Waals surface area contributed by atoms with Crippen LogP contribution in [0.3, 0.4) is 0 Å². The molecule has 0 atom stereocenters. The third kappa shape index (κ3) is 4.78. The first kappa shape index (κ1) is 19.0. The molecule has 0 bridgehead atoms. The molecular weight excluding hydrogens is 254 g/mol. The van der Waals surface area contributed by atoms with Gasteiger partial charge in [0.25, 0.3) is 0 Å². The molecule has 0 saturated heterocycles. The largest absolute Gasteiger partial charge is 0.355 e. The minimum Gasteiger partial charge on any atom is -0.355 e. The van der Waals surface area contributed by atoms with Crippen molar-refractivity contribution in [3.8, 4) is 11.3 Å². The second-order valence-electron chi connectivity index (χ2n) is 4.01. The van der Waals surface area contributed by atoms with Crippen LogP contribution in [0.1, 0.15) is 40.2 Å². The van der Waals surface area contributed by atoms with Gasteiger partial charge in [-0.15, -0.1) is 0 Å². The van der Waals surface area contributed by atoms with Gasteiger partial charge < -0.3 is 4.98 Å². The van der Waals surface area contributed by atoms with Crippen LogP contribution in [-0.4, -0.2) is 4.98 Å². The lowest BCUT2D eigenvalue weighted by atomic mass is 10.1. The number of hydrogen-bond donors (Lipinski definition) is 1. The summed E-state index contributed by atoms with van der Waals surface area (Å²) in [6.07, 6.45) is 5.97. The van der Waals surface area contributed by atoms with Crippen LogP contribution in [0.4, 0.5) is 0 Å². The molecule has 21 heavy (non-hydrogen) atoms. The fraction of sp³-hybridized carbons (Fsp3) is 0.300. The summed E-state index contributed by atoms with van der Waals surface area (Å²) in [5.41, 5.74) is 3.67. The number of allylic oxidation sites excluding steroid dienone is 1. The molecule has 1 heteroatoms. The van der Waals surface area contributed by atoms with Gasteiger partial charge in [-0.1, -0.05) is 82.8 Å². The minimum absolute atomic E-state index is 1.15. The fourth-order valence-electron chi connectivity index (χ4n) is 2.09. The van der Waals surface area contributed by atoms with Gasteiger partial charge in [0.2, 0.25) is 0 Å². The van der Waals surface area contributed by atoms with Crippen molar-refractivity contribution in [1.29, 1.82) is 0 Å². The molecule has 1 aromatic heterocycles. The zero-order chi connectivity index (χ0) is 16.3. The van der Waals surface area contributed by atoms with Crippen molar-refractivity contribution in [2.75, 3.05) is 0 Å². The number of aromatic nitrogens is 1. The molecule has 0 radical (unpaired) electrons. The van der Waals surface area contributed by atoms with Gasteiger partial charge in [0.15, 0.2) is 0 Å². The van der Waals surface area contributed by atoms with E-state index in [0.717, 1.165) is 5.35 Å². The van der Waals surface area contributed by atoms with E-state index in [1.165, 1.54) is 22.0 Å². The smallest absolute Gasteiger partial charge is 0.0494 e. The first-order valence-electron chi connectivity index (χ1n) is 7.81. The van der Waals surface area contributed by atoms with E-state index in [1.807, 2.05) is 52.8 Å². The van der Waals surface area contributed by atoms with Crippen molar-refractivity contribution in [3.05, 3.63) is 59.1 Å². The topological polar surface area (TPSA) is 15.8 Å². The highest BCUT2D eigenvalue weighted by atomic mass is 14.7. The van der Waals surface area contributed by atoms with Crippen LogP contribution in [0.2, 0.25) is 0 Å². The van der Waals surface area contributed by atoms with E-state index in [0.29, 0.717) is 0 Å². The Morgan fingerprint density at radius 3 is 2.05 bits per heavy atom. The molecular formula is C20H29N. The van der Waals surface area contributed by atoms with E-state index in [4.69, 9.17) is 0 Å². The number of rotatable bonds is 2. The Bertz CT molecular complexity index is 630. The number of nitrogens with one attached hydrogen (secondary N) is 1. The van der Waals surface area contributed by atoms with Crippen molar-refractivity contribution in [1.82, 2.24) is 4.98 Å². The van der Waals surface area contributed by atoms with Crippen LogP contribution in [0.15, 0.2) is 43.0 Å². The predicted octanol–water partition coefficient (Wildman–Crippen LogP) is 4.81. The highest BCUT2D eigenvalue weighted by molar-refractivity contribution is 5.65. The lowest BCUT2D eigenvalue weighted by Gasteiger charge is -1.98. The molecule has 0 unspecified atom stereocenters. The van der Waals surface area contributed by atoms with Gasteiger partial charge in [0.1, 0.15) is 0 Å². The Morgan fingerprint density at radius 2 is 1.57 bits per heavy atom. The maximum Gasteiger partial charge on any atom is 0.0494 e. The predicted molar refractivity (Wildman–Crippen MR) is 97.7 cm³/mol. The molecule has 1 nitrogen and oxygen atoms in total. The molecule has 0 aliphatic rings. The van der Waals surface area contributed by atoms with Crippen LogP contribution in [0.25, 0.3) is 23.4 Å². The molecule has 0 aliphatic heterocycles. The van der Waals surface area contributed by atoms with Crippen LogP contribution in [-0.2, 0) is 0 Å². The Labute approximate surface area is 129 Å². The molecule has 0 spiro atoms. The third-order valence-electron chi connectivity index (χ3n) is 2.96. The summed E-state index contributed by atoms with van der Waals surface area (Å²) in [6.45, 7) is 16.0. The van der Waals surface area contributed by atoms with Crippen LogP contribution >= 0.6 is 0 Å². The second kappa shape index (κ2) is 10.7. The van der Waals surface area contributed by atoms with E-state index in [-0.39, 0.29) is 0 Å². The van der Waals surface area contributed by atoms with Crippen molar-refractivity contribution in [2.24, 2.45) is 0 Å². The SMILES string of the molecule is C=C/C=c1/c(C)c(-c2ccccc2)[nH]/c1=C/C.CC.CC. The summed E-state index contributed by atoms with van der Waals surface area (Å²) >= 11 is 0. The summed E-state index contributed by atoms with van der Waals surface area (Å²) in [6, 6.07) is 10.4. The summed E-state index contributed by atoms with van der Waals surface area (Å²) in [7, 11) is 0. The van der Waals surface area contributed by atoms with Crippen molar-refractivity contribution in [3.63, 3.8) is 0 Å². The highest BCUT2D eigenvalue weighted by Gasteiger charge is 2.05. The number of aromatic amines is 1. The molecule has 0 aliphatic carbocycles. The third-order valence-corrected chi connectivity index (χ3v) is 2.96. The van der Waals surface area contributed by atoms with E-state index >= 15 is 0 Å². The molecule has 0 saturated carbocycles. The summed E-state index contributed by atoms with van der Waals surface area (Å²) < 4.78 is 0. The van der Waals surface area contributed by atoms with Gasteiger partial charge in [0, 0.05) is 16.3 Å². The van der Waals surface area contributed by atoms with Crippen LogP contribution < -0.4 is 10.6 Å². The average molecular weight is 283 g/mol. The monoisotopic (exact) mass is 283 g/mol. The van der Waals surface area contributed by atoms with Crippen LogP contribution in [0, 0.1) is 6.92 Å². The Kier molecular flexibility index (Phi) is 9.70. The molecule has 2 aromatic rings. The number of benzene rings is 1. The van der Waals surface area contributed by atoms with Crippen molar-refractivity contribution >= 4 is 12.2 Å². The quantitative estimate of drug-likeness (QED) is 0.814. The van der Waals surface area contributed by atoms with Gasteiger partial charge in [-0.25, -0.2) is 0 Å². The Morgan fingerprint density at radius 1 is 1.00 bits per heavy atom. The van der Waals surface area contributed by atoms with E-state index in [9.17, 15) is 0 Å². The first-order valence-corrected chi connectivity index (χ1v) is 7.81. The lowest BCUT2D eigenvalue weighted by molar-refractivity contribution is 1.31. The standard InChI is InChI=1S/C16H17N.2C2H6/c1-4-9-14-12(3)16(17-15(14)5-2)13-10-7-6-8-11-13;2*1-2/h4-11,17H,1H2,2-3H3;2*1-2H3/b14-9-,15-5+;;. The summed E-state index contributed by atoms with van der Waals surface area (Å²) in [5.74, 6) is 0. The van der Waals surface area contributed by atoms with Gasteiger partial charge in [-0.3, -0.25) is 0 Å². The maximum absolute atomic E-state index is 3.77. The molecule has 0 amide bonds. The summed E-state index contributed by atoms with van der Waals surface area (Å²) in [5, 5.41) is 2.38. The summed E-state index contributed by atoms with van der Waals surface area (Å²) in [4.78, 5) is 3.47. The van der Waals surface area contributed by atoms with Crippen molar-refractivity contribution < 1.29 is 0 Å². The van der Waals surface area contributed by atoms with E-state index in [2.05, 4.69) is 48.8 Å². The maximum atomic E-state index is 3.77. The molecule has 0 fully saturated rings. The Balaban J connectivity index is 0.000000921. The van der Waals surface area contributed by atoms with Gasteiger partial charge in [-0.2, -0.15) is 0 Å². The fourth-order valence-corrected chi connectivity index (χ4v) is 2.09. The zero-order valence-electron chi connectivity index (χ0n) is 14.3. The van der Waals surface area contributed by atoms with Gasteiger partial charge in [0.05, 0.1) is 0 Å². The molecule has 114 valence electrons. The average Bonchev–Trinajstić information content (AvgIpc) is 2.89. The van der Waals surface area contributed by atoms with Crippen LogP contribution in [0.5, 0.6) is 0 Å². The first-order chi connectivity index (χ1) is 10.3. The molecule has 1 aromatic carbocycles. The van der Waals surface area contributed by atoms with Gasteiger partial charge in [-0.05, 0) is 25.0 Å². The minimum atomic E-state index is 1.15. The lowest BCUT2D eigenvalue weighted by Crippen LogP contribution is -2.23.